The third kappa shape index (κ3) is 7.58. The summed E-state index contributed by atoms with van der Waals surface area (Å²) in [6.45, 7) is 12.7. The first-order chi connectivity index (χ1) is 17.7. The molecule has 208 valence electrons. The zero-order chi connectivity index (χ0) is 28.7. The van der Waals surface area contributed by atoms with Crippen LogP contribution >= 0.6 is 0 Å². The molecule has 0 aliphatic carbocycles. The largest absolute Gasteiger partial charge is 0.509 e. The lowest BCUT2D eigenvalue weighted by Gasteiger charge is -2.42. The highest BCUT2D eigenvalue weighted by atomic mass is 16.6. The van der Waals surface area contributed by atoms with Crippen LogP contribution in [0.2, 0.25) is 0 Å². The summed E-state index contributed by atoms with van der Waals surface area (Å²) in [6, 6.07) is 16.2. The van der Waals surface area contributed by atoms with Gasteiger partial charge in [0, 0.05) is 18.7 Å². The smallest absolute Gasteiger partial charge is 0.417 e. The molecule has 0 spiro atoms. The lowest BCUT2D eigenvalue weighted by Crippen LogP contribution is -2.61. The molecule has 0 fully saturated rings. The van der Waals surface area contributed by atoms with Gasteiger partial charge in [-0.1, -0.05) is 54.6 Å². The van der Waals surface area contributed by atoms with Gasteiger partial charge in [-0.2, -0.15) is 0 Å². The van der Waals surface area contributed by atoms with Gasteiger partial charge in [-0.3, -0.25) is 9.69 Å². The van der Waals surface area contributed by atoms with Crippen molar-refractivity contribution in [2.75, 3.05) is 26.7 Å². The van der Waals surface area contributed by atoms with E-state index in [1.807, 2.05) is 61.5 Å². The number of likely N-dealkylation sites (N-methyl/N-ethyl adjacent to an activating group) is 1. The van der Waals surface area contributed by atoms with E-state index in [1.54, 1.807) is 46.6 Å². The fraction of sp³-hybridized carbons (Fsp3) is 0.467. The third-order valence-corrected chi connectivity index (χ3v) is 6.46. The molecule has 2 amide bonds. The lowest BCUT2D eigenvalue weighted by atomic mass is 9.96. The van der Waals surface area contributed by atoms with E-state index in [0.717, 1.165) is 16.0 Å². The summed E-state index contributed by atoms with van der Waals surface area (Å²) >= 11 is 0. The molecule has 0 saturated heterocycles. The van der Waals surface area contributed by atoms with Crippen LogP contribution in [-0.4, -0.2) is 64.8 Å². The number of nitrogens with zero attached hydrogens (tertiary/aromatic N) is 2. The second-order valence-electron chi connectivity index (χ2n) is 10.7. The summed E-state index contributed by atoms with van der Waals surface area (Å²) in [6.07, 6.45) is -0.751. The molecule has 2 rings (SSSR count). The summed E-state index contributed by atoms with van der Waals surface area (Å²) in [4.78, 5) is 30.8. The van der Waals surface area contributed by atoms with Crippen molar-refractivity contribution in [2.24, 2.45) is 5.73 Å². The Labute approximate surface area is 227 Å². The van der Waals surface area contributed by atoms with Gasteiger partial charge in [0.1, 0.15) is 23.5 Å². The first-order valence-electron chi connectivity index (χ1n) is 12.8. The third-order valence-electron chi connectivity index (χ3n) is 6.46. The van der Waals surface area contributed by atoms with Crippen molar-refractivity contribution in [3.63, 3.8) is 0 Å². The molecule has 3 N–H and O–H groups in total. The number of carbonyl (C=O) groups excluding carboxylic acids is 2. The van der Waals surface area contributed by atoms with E-state index in [2.05, 4.69) is 0 Å². The summed E-state index contributed by atoms with van der Waals surface area (Å²) in [5, 5.41) is 10.5. The van der Waals surface area contributed by atoms with Gasteiger partial charge in [0.25, 0.3) is 5.91 Å². The predicted molar refractivity (Wildman–Crippen MR) is 150 cm³/mol. The van der Waals surface area contributed by atoms with E-state index >= 15 is 0 Å². The number of nitrogens with two attached hydrogens (primary N) is 1. The Morgan fingerprint density at radius 2 is 1.61 bits per heavy atom. The zero-order valence-electron chi connectivity index (χ0n) is 23.9. The van der Waals surface area contributed by atoms with E-state index < -0.39 is 29.2 Å². The summed E-state index contributed by atoms with van der Waals surface area (Å²) in [7, 11) is 1.76. The average molecular weight is 526 g/mol. The Balaban J connectivity index is 2.55. The van der Waals surface area contributed by atoms with Crippen LogP contribution in [-0.2, 0) is 14.3 Å². The second kappa shape index (κ2) is 12.9. The minimum atomic E-state index is -1.33. The highest BCUT2D eigenvalue weighted by Gasteiger charge is 2.46. The molecule has 0 saturated carbocycles. The maximum Gasteiger partial charge on any atom is 0.417 e. The average Bonchev–Trinajstić information content (AvgIpc) is 2.84. The van der Waals surface area contributed by atoms with Gasteiger partial charge in [-0.05, 0) is 66.6 Å². The van der Waals surface area contributed by atoms with Gasteiger partial charge in [0.05, 0.1) is 6.04 Å². The molecule has 0 radical (unpaired) electrons. The standard InChI is InChI=1S/C30H43N3O5/c1-21-14-12-13-17-25(21)26(23(3)34)37-20-30(7,32(8)19-18-31)27(35)33(28(36)38-29(4,5)6)22(2)24-15-10-9-11-16-24/h9-17,22,34H,18-20,31H2,1-8H3/b26-23-. The Morgan fingerprint density at radius 1 is 1.03 bits per heavy atom. The molecule has 0 aromatic heterocycles. The van der Waals surface area contributed by atoms with E-state index in [4.69, 9.17) is 15.2 Å². The Kier molecular flexibility index (Phi) is 10.5. The van der Waals surface area contributed by atoms with Crippen LogP contribution in [0.5, 0.6) is 0 Å². The highest BCUT2D eigenvalue weighted by molar-refractivity contribution is 5.98. The minimum Gasteiger partial charge on any atom is -0.509 e. The van der Waals surface area contributed by atoms with Crippen LogP contribution in [0.15, 0.2) is 60.4 Å². The number of amides is 2. The quantitative estimate of drug-likeness (QED) is 0.398. The Bertz CT molecular complexity index is 1120. The summed E-state index contributed by atoms with van der Waals surface area (Å²) in [5.41, 5.74) is 6.13. The molecule has 0 aliphatic rings. The molecule has 2 aromatic rings. The molecule has 8 nitrogen and oxygen atoms in total. The molecular formula is C30H43N3O5. The van der Waals surface area contributed by atoms with Crippen LogP contribution in [0.1, 0.15) is 64.3 Å². The van der Waals surface area contributed by atoms with Gasteiger partial charge in [-0.25, -0.2) is 9.69 Å². The van der Waals surface area contributed by atoms with Crippen LogP contribution in [0.4, 0.5) is 4.79 Å². The van der Waals surface area contributed by atoms with Crippen molar-refractivity contribution in [1.82, 2.24) is 9.80 Å². The van der Waals surface area contributed by atoms with Gasteiger partial charge >= 0.3 is 6.09 Å². The second-order valence-corrected chi connectivity index (χ2v) is 10.7. The topological polar surface area (TPSA) is 105 Å². The van der Waals surface area contributed by atoms with Gasteiger partial charge in [0.15, 0.2) is 5.76 Å². The number of hydrogen-bond donors (Lipinski definition) is 2. The molecule has 2 aromatic carbocycles. The highest BCUT2D eigenvalue weighted by Crippen LogP contribution is 2.30. The van der Waals surface area contributed by atoms with E-state index in [0.29, 0.717) is 18.7 Å². The van der Waals surface area contributed by atoms with Crippen molar-refractivity contribution in [3.8, 4) is 0 Å². The van der Waals surface area contributed by atoms with E-state index in [-0.39, 0.29) is 18.1 Å². The number of ether oxygens (including phenoxy) is 2. The minimum absolute atomic E-state index is 0.0165. The Hall–Kier alpha value is -3.36. The maximum atomic E-state index is 14.4. The predicted octanol–water partition coefficient (Wildman–Crippen LogP) is 5.43. The molecule has 8 heteroatoms. The summed E-state index contributed by atoms with van der Waals surface area (Å²) < 4.78 is 11.9. The maximum absolute atomic E-state index is 14.4. The molecule has 0 aliphatic heterocycles. The number of aliphatic hydroxyl groups excluding tert-OH is 1. The lowest BCUT2D eigenvalue weighted by molar-refractivity contribution is -0.146. The molecular weight excluding hydrogens is 482 g/mol. The van der Waals surface area contributed by atoms with Gasteiger partial charge < -0.3 is 20.3 Å². The molecule has 2 atom stereocenters. The zero-order valence-corrected chi connectivity index (χ0v) is 23.9. The number of aryl methyl sites for hydroxylation is 1. The molecule has 2 unspecified atom stereocenters. The fourth-order valence-electron chi connectivity index (χ4n) is 4.06. The summed E-state index contributed by atoms with van der Waals surface area (Å²) in [5.74, 6) is -0.251. The molecule has 0 bridgehead atoms. The van der Waals surface area contributed by atoms with Crippen molar-refractivity contribution in [3.05, 3.63) is 77.0 Å². The van der Waals surface area contributed by atoms with Crippen LogP contribution in [0.3, 0.4) is 0 Å². The van der Waals surface area contributed by atoms with Crippen molar-refractivity contribution < 1.29 is 24.2 Å². The number of aliphatic hydroxyl groups is 1. The van der Waals surface area contributed by atoms with Crippen LogP contribution < -0.4 is 5.73 Å². The van der Waals surface area contributed by atoms with Gasteiger partial charge in [-0.15, -0.1) is 0 Å². The van der Waals surface area contributed by atoms with E-state index in [9.17, 15) is 14.7 Å². The van der Waals surface area contributed by atoms with Crippen molar-refractivity contribution >= 4 is 17.8 Å². The van der Waals surface area contributed by atoms with Gasteiger partial charge in [0.2, 0.25) is 0 Å². The SMILES string of the molecule is C/C(O)=C(/OCC(C)(C(=O)N(C(=O)OC(C)(C)C)C(C)c1ccccc1)N(C)CCN)c1ccccc1C. The number of allylic oxidation sites excluding steroid dienone is 1. The van der Waals surface area contributed by atoms with Crippen LogP contribution in [0, 0.1) is 6.92 Å². The molecule has 0 heterocycles. The number of benzene rings is 2. The van der Waals surface area contributed by atoms with E-state index in [1.165, 1.54) is 6.92 Å². The number of imide groups is 1. The number of rotatable bonds is 10. The molecule has 38 heavy (non-hydrogen) atoms. The van der Waals surface area contributed by atoms with Crippen LogP contribution in [0.25, 0.3) is 5.76 Å². The Morgan fingerprint density at radius 3 is 2.13 bits per heavy atom. The van der Waals surface area contributed by atoms with Crippen molar-refractivity contribution in [1.29, 1.82) is 0 Å². The first kappa shape index (κ1) is 30.9. The normalized spacial score (nSPS) is 14.8. The fourth-order valence-corrected chi connectivity index (χ4v) is 4.06. The van der Waals surface area contributed by atoms with Crippen molar-refractivity contribution in [2.45, 2.75) is 65.6 Å². The monoisotopic (exact) mass is 525 g/mol. The first-order valence-corrected chi connectivity index (χ1v) is 12.8. The number of hydrogen-bond acceptors (Lipinski definition) is 7. The number of carbonyl (C=O) groups is 2.